The summed E-state index contributed by atoms with van der Waals surface area (Å²) in [5, 5.41) is 12.9. The molecular weight excluding hydrogens is 417 g/mol. The smallest absolute Gasteiger partial charge is 0.272 e. The molecule has 2 aromatic carbocycles. The van der Waals surface area contributed by atoms with Crippen molar-refractivity contribution in [1.82, 2.24) is 10.0 Å². The molecule has 0 spiro atoms. The second-order valence-corrected chi connectivity index (χ2v) is 8.38. The Bertz CT molecular complexity index is 1100. The zero-order chi connectivity index (χ0) is 23.0. The van der Waals surface area contributed by atoms with E-state index in [-0.39, 0.29) is 29.3 Å². The van der Waals surface area contributed by atoms with Gasteiger partial charge in [0.1, 0.15) is 5.82 Å². The number of benzene rings is 2. The van der Waals surface area contributed by atoms with Crippen LogP contribution in [-0.2, 0) is 16.1 Å². The van der Waals surface area contributed by atoms with Crippen molar-refractivity contribution in [3.63, 3.8) is 0 Å². The summed E-state index contributed by atoms with van der Waals surface area (Å²) in [6, 6.07) is 10.8. The van der Waals surface area contributed by atoms with Gasteiger partial charge in [-0.2, -0.15) is 5.01 Å². The molecule has 1 heterocycles. The SMILES string of the molecule is C[C@@H]1CC[C@H]2C(=O)N(N(Cc3ccccc3F)C(=O)c3cccc([N+](=O)[O-])c3)C(=O)[C@@H]2C1. The van der Waals surface area contributed by atoms with Crippen molar-refractivity contribution in [3.05, 3.63) is 75.6 Å². The van der Waals surface area contributed by atoms with E-state index in [4.69, 9.17) is 0 Å². The Morgan fingerprint density at radius 1 is 1.12 bits per heavy atom. The Balaban J connectivity index is 1.74. The van der Waals surface area contributed by atoms with Crippen LogP contribution in [0.15, 0.2) is 48.5 Å². The number of amides is 3. The molecule has 1 saturated heterocycles. The summed E-state index contributed by atoms with van der Waals surface area (Å²) in [5.41, 5.74) is -0.252. The molecule has 3 amide bonds. The second-order valence-electron chi connectivity index (χ2n) is 8.38. The lowest BCUT2D eigenvalue weighted by Crippen LogP contribution is -2.50. The second kappa shape index (κ2) is 8.49. The van der Waals surface area contributed by atoms with Crippen molar-refractivity contribution in [3.8, 4) is 0 Å². The molecule has 1 saturated carbocycles. The molecule has 3 atom stereocenters. The van der Waals surface area contributed by atoms with Crippen LogP contribution in [0.2, 0.25) is 0 Å². The summed E-state index contributed by atoms with van der Waals surface area (Å²) in [7, 11) is 0. The van der Waals surface area contributed by atoms with Crippen molar-refractivity contribution >= 4 is 23.4 Å². The van der Waals surface area contributed by atoms with E-state index in [0.29, 0.717) is 12.8 Å². The molecule has 2 aliphatic rings. The van der Waals surface area contributed by atoms with E-state index in [1.54, 1.807) is 6.07 Å². The topological polar surface area (TPSA) is 101 Å². The van der Waals surface area contributed by atoms with Gasteiger partial charge in [0.2, 0.25) is 0 Å². The molecule has 8 nitrogen and oxygen atoms in total. The highest BCUT2D eigenvalue weighted by atomic mass is 19.1. The third kappa shape index (κ3) is 3.86. The van der Waals surface area contributed by atoms with Crippen LogP contribution in [0.3, 0.4) is 0 Å². The van der Waals surface area contributed by atoms with E-state index in [2.05, 4.69) is 0 Å². The summed E-state index contributed by atoms with van der Waals surface area (Å²) in [4.78, 5) is 50.4. The highest BCUT2D eigenvalue weighted by molar-refractivity contribution is 6.07. The predicted octanol–water partition coefficient (Wildman–Crippen LogP) is 3.71. The van der Waals surface area contributed by atoms with Crippen LogP contribution >= 0.6 is 0 Å². The Kier molecular flexibility index (Phi) is 5.73. The van der Waals surface area contributed by atoms with Gasteiger partial charge in [-0.25, -0.2) is 9.40 Å². The molecule has 4 rings (SSSR count). The quantitative estimate of drug-likeness (QED) is 0.402. The van der Waals surface area contributed by atoms with Crippen molar-refractivity contribution < 1.29 is 23.7 Å². The number of nitro benzene ring substituents is 1. The molecule has 2 fully saturated rings. The monoisotopic (exact) mass is 439 g/mol. The average Bonchev–Trinajstić information content (AvgIpc) is 3.02. The number of hydrogen-bond acceptors (Lipinski definition) is 5. The molecule has 0 unspecified atom stereocenters. The van der Waals surface area contributed by atoms with Crippen LogP contribution in [0.4, 0.5) is 10.1 Å². The fourth-order valence-electron chi connectivity index (χ4n) is 4.53. The first kappa shape index (κ1) is 21.6. The van der Waals surface area contributed by atoms with Gasteiger partial charge in [-0.05, 0) is 37.3 Å². The van der Waals surface area contributed by atoms with Crippen molar-refractivity contribution in [2.75, 3.05) is 0 Å². The van der Waals surface area contributed by atoms with Crippen LogP contribution in [0.1, 0.15) is 42.1 Å². The van der Waals surface area contributed by atoms with E-state index in [1.165, 1.54) is 36.4 Å². The van der Waals surface area contributed by atoms with Crippen LogP contribution in [0.5, 0.6) is 0 Å². The number of imide groups is 1. The lowest BCUT2D eigenvalue weighted by atomic mass is 9.76. The van der Waals surface area contributed by atoms with Crippen LogP contribution in [0.25, 0.3) is 0 Å². The lowest BCUT2D eigenvalue weighted by Gasteiger charge is -2.30. The van der Waals surface area contributed by atoms with E-state index in [9.17, 15) is 28.9 Å². The van der Waals surface area contributed by atoms with Gasteiger partial charge in [-0.1, -0.05) is 31.2 Å². The molecule has 2 aromatic rings. The summed E-state index contributed by atoms with van der Waals surface area (Å²) < 4.78 is 14.4. The number of nitro groups is 1. The van der Waals surface area contributed by atoms with Crippen molar-refractivity contribution in [1.29, 1.82) is 0 Å². The van der Waals surface area contributed by atoms with Crippen LogP contribution < -0.4 is 0 Å². The number of nitrogens with zero attached hydrogens (tertiary/aromatic N) is 3. The third-order valence-corrected chi connectivity index (χ3v) is 6.22. The molecule has 0 N–H and O–H groups in total. The van der Waals surface area contributed by atoms with Gasteiger partial charge in [0.05, 0.1) is 23.3 Å². The molecule has 0 radical (unpaired) electrons. The standard InChI is InChI=1S/C23H22FN3O5/c1-14-9-10-18-19(11-14)23(30)26(22(18)29)25(13-16-5-2-3-8-20(16)24)21(28)15-6-4-7-17(12-15)27(31)32/h2-8,12,14,18-19H,9-11,13H2,1H3/t14-,18-,19-/m1/s1. The van der Waals surface area contributed by atoms with Gasteiger partial charge in [0.15, 0.2) is 0 Å². The molecule has 9 heteroatoms. The molecule has 32 heavy (non-hydrogen) atoms. The maximum absolute atomic E-state index is 14.4. The predicted molar refractivity (Wildman–Crippen MR) is 111 cm³/mol. The fraction of sp³-hybridized carbons (Fsp3) is 0.348. The van der Waals surface area contributed by atoms with Gasteiger partial charge in [-0.3, -0.25) is 24.5 Å². The van der Waals surface area contributed by atoms with Gasteiger partial charge in [-0.15, -0.1) is 0 Å². The number of halogens is 1. The number of hydrazine groups is 1. The fourth-order valence-corrected chi connectivity index (χ4v) is 4.53. The number of carbonyl (C=O) groups is 3. The maximum Gasteiger partial charge on any atom is 0.273 e. The van der Waals surface area contributed by atoms with Crippen molar-refractivity contribution in [2.24, 2.45) is 17.8 Å². The first-order valence-corrected chi connectivity index (χ1v) is 10.5. The highest BCUT2D eigenvalue weighted by Crippen LogP contribution is 2.41. The first-order chi connectivity index (χ1) is 15.3. The molecular formula is C23H22FN3O5. The van der Waals surface area contributed by atoms with E-state index in [0.717, 1.165) is 22.5 Å². The number of rotatable bonds is 5. The minimum atomic E-state index is -0.787. The normalized spacial score (nSPS) is 22.6. The Morgan fingerprint density at radius 2 is 1.84 bits per heavy atom. The third-order valence-electron chi connectivity index (χ3n) is 6.22. The van der Waals surface area contributed by atoms with Crippen molar-refractivity contribution in [2.45, 2.75) is 32.7 Å². The molecule has 0 bridgehead atoms. The summed E-state index contributed by atoms with van der Waals surface area (Å²) in [6.07, 6.45) is 1.90. The van der Waals surface area contributed by atoms with Gasteiger partial charge in [0.25, 0.3) is 23.4 Å². The molecule has 1 aliphatic carbocycles. The van der Waals surface area contributed by atoms with E-state index < -0.39 is 40.3 Å². The summed E-state index contributed by atoms with van der Waals surface area (Å²) >= 11 is 0. The first-order valence-electron chi connectivity index (χ1n) is 10.5. The lowest BCUT2D eigenvalue weighted by molar-refractivity contribution is -0.384. The summed E-state index contributed by atoms with van der Waals surface area (Å²) in [6.45, 7) is 1.66. The number of non-ortho nitro benzene ring substituents is 1. The summed E-state index contributed by atoms with van der Waals surface area (Å²) in [5.74, 6) is -3.10. The molecule has 166 valence electrons. The molecule has 0 aromatic heterocycles. The Labute approximate surface area is 183 Å². The van der Waals surface area contributed by atoms with Gasteiger partial charge in [0, 0.05) is 23.3 Å². The molecule has 1 aliphatic heterocycles. The zero-order valence-electron chi connectivity index (χ0n) is 17.4. The Hall–Kier alpha value is -3.62. The van der Waals surface area contributed by atoms with E-state index in [1.807, 2.05) is 6.92 Å². The van der Waals surface area contributed by atoms with Crippen LogP contribution in [-0.4, -0.2) is 32.7 Å². The number of carbonyl (C=O) groups excluding carboxylic acids is 3. The Morgan fingerprint density at radius 3 is 2.56 bits per heavy atom. The maximum atomic E-state index is 14.4. The number of fused-ring (bicyclic) bond motifs is 1. The minimum absolute atomic E-state index is 0.0700. The van der Waals surface area contributed by atoms with E-state index >= 15 is 0 Å². The van der Waals surface area contributed by atoms with Crippen LogP contribution in [0, 0.1) is 33.7 Å². The number of hydrogen-bond donors (Lipinski definition) is 0. The average molecular weight is 439 g/mol. The zero-order valence-corrected chi connectivity index (χ0v) is 17.4. The highest BCUT2D eigenvalue weighted by Gasteiger charge is 2.52. The van der Waals surface area contributed by atoms with Gasteiger partial charge >= 0.3 is 0 Å². The van der Waals surface area contributed by atoms with Gasteiger partial charge < -0.3 is 0 Å². The largest absolute Gasteiger partial charge is 0.273 e. The minimum Gasteiger partial charge on any atom is -0.272 e.